The van der Waals surface area contributed by atoms with Crippen molar-refractivity contribution in [1.29, 1.82) is 0 Å². The van der Waals surface area contributed by atoms with Gasteiger partial charge in [-0.25, -0.2) is 0 Å². The van der Waals surface area contributed by atoms with E-state index >= 15 is 0 Å². The van der Waals surface area contributed by atoms with Gasteiger partial charge in [0.1, 0.15) is 0 Å². The van der Waals surface area contributed by atoms with Gasteiger partial charge in [0, 0.05) is 10.8 Å². The molecule has 4 atom stereocenters. The Morgan fingerprint density at radius 1 is 0.741 bits per heavy atom. The summed E-state index contributed by atoms with van der Waals surface area (Å²) in [6, 6.07) is 0. The lowest BCUT2D eigenvalue weighted by Crippen LogP contribution is -2.50. The molecule has 0 aliphatic heterocycles. The van der Waals surface area contributed by atoms with Crippen LogP contribution in [0, 0.1) is 46.3 Å². The Hall–Kier alpha value is -1.32. The van der Waals surface area contributed by atoms with Gasteiger partial charge in [0.25, 0.3) is 0 Å². The third kappa shape index (κ3) is 2.69. The van der Waals surface area contributed by atoms with Gasteiger partial charge in [0.05, 0.1) is 26.1 Å². The summed E-state index contributed by atoms with van der Waals surface area (Å²) >= 11 is 0. The van der Waals surface area contributed by atoms with E-state index in [0.717, 1.165) is 6.42 Å². The van der Waals surface area contributed by atoms with E-state index in [9.17, 15) is 9.59 Å². The van der Waals surface area contributed by atoms with Crippen LogP contribution >= 0.6 is 0 Å². The molecule has 0 aromatic rings. The Morgan fingerprint density at radius 2 is 1.04 bits per heavy atom. The summed E-state index contributed by atoms with van der Waals surface area (Å²) in [4.78, 5) is 26.2. The Morgan fingerprint density at radius 3 is 1.22 bits per heavy atom. The van der Waals surface area contributed by atoms with Gasteiger partial charge in [-0.1, -0.05) is 66.5 Å². The van der Waals surface area contributed by atoms with Crippen molar-refractivity contribution in [2.75, 3.05) is 14.2 Å². The molecular weight excluding hydrogens is 340 g/mol. The number of allylic oxidation sites excluding steroid dienone is 2. The topological polar surface area (TPSA) is 52.6 Å². The largest absolute Gasteiger partial charge is 0.469 e. The van der Waals surface area contributed by atoms with Gasteiger partial charge in [-0.3, -0.25) is 9.59 Å². The predicted octanol–water partition coefficient (Wildman–Crippen LogP) is 4.88. The fourth-order valence-corrected chi connectivity index (χ4v) is 6.72. The first-order chi connectivity index (χ1) is 12.4. The lowest BCUT2D eigenvalue weighted by Gasteiger charge is -2.48. The molecule has 2 rings (SSSR count). The van der Waals surface area contributed by atoms with Crippen molar-refractivity contribution in [3.8, 4) is 0 Å². The van der Waals surface area contributed by atoms with Crippen LogP contribution in [0.3, 0.4) is 0 Å². The summed E-state index contributed by atoms with van der Waals surface area (Å²) in [5, 5.41) is 0. The number of rotatable bonds is 6. The lowest BCUT2D eigenvalue weighted by molar-refractivity contribution is -0.164. The average molecular weight is 379 g/mol. The Balaban J connectivity index is 2.99. The second-order valence-corrected chi connectivity index (χ2v) is 9.71. The van der Waals surface area contributed by atoms with Crippen molar-refractivity contribution < 1.29 is 19.1 Å². The summed E-state index contributed by atoms with van der Waals surface area (Å²) in [6.07, 6.45) is 0.829. The van der Waals surface area contributed by atoms with Gasteiger partial charge in [-0.15, -0.1) is 0 Å². The molecule has 2 aliphatic carbocycles. The van der Waals surface area contributed by atoms with Crippen LogP contribution in [0.15, 0.2) is 11.1 Å². The second-order valence-electron chi connectivity index (χ2n) is 9.71. The highest BCUT2D eigenvalue weighted by atomic mass is 16.5. The molecule has 0 radical (unpaired) electrons. The molecule has 4 heteroatoms. The minimum atomic E-state index is -0.489. The first kappa shape index (κ1) is 22.0. The highest BCUT2D eigenvalue weighted by Crippen LogP contribution is 2.76. The van der Waals surface area contributed by atoms with Crippen molar-refractivity contribution in [2.24, 2.45) is 46.3 Å². The molecule has 0 amide bonds. The zero-order valence-corrected chi connectivity index (χ0v) is 18.8. The number of carbonyl (C=O) groups is 2. The fraction of sp³-hybridized carbons (Fsp3) is 0.826. The summed E-state index contributed by atoms with van der Waals surface area (Å²) in [5.74, 6) is -0.446. The third-order valence-electron chi connectivity index (χ3n) is 7.45. The zero-order chi connectivity index (χ0) is 20.9. The maximum Gasteiger partial charge on any atom is 0.310 e. The number of hydrogen-bond donors (Lipinski definition) is 0. The molecule has 0 aromatic carbocycles. The number of ether oxygens (including phenoxy) is 2. The molecule has 2 aliphatic rings. The molecule has 0 saturated heterocycles. The van der Waals surface area contributed by atoms with Gasteiger partial charge in [0.15, 0.2) is 0 Å². The number of fused-ring (bicyclic) bond motifs is 2. The van der Waals surface area contributed by atoms with Crippen LogP contribution in [-0.4, -0.2) is 26.2 Å². The summed E-state index contributed by atoms with van der Waals surface area (Å²) in [5.41, 5.74) is 2.06. The van der Waals surface area contributed by atoms with Crippen LogP contribution in [0.2, 0.25) is 0 Å². The molecular formula is C23H38O4. The number of carbonyl (C=O) groups excluding carboxylic acids is 2. The van der Waals surface area contributed by atoms with E-state index in [-0.39, 0.29) is 34.6 Å². The van der Waals surface area contributed by atoms with Gasteiger partial charge in [0.2, 0.25) is 0 Å². The van der Waals surface area contributed by atoms with Crippen molar-refractivity contribution in [2.45, 2.75) is 61.8 Å². The van der Waals surface area contributed by atoms with Crippen molar-refractivity contribution in [3.05, 3.63) is 11.1 Å². The monoisotopic (exact) mass is 378 g/mol. The summed E-state index contributed by atoms with van der Waals surface area (Å²) < 4.78 is 10.5. The smallest absolute Gasteiger partial charge is 0.310 e. The van der Waals surface area contributed by atoms with Crippen LogP contribution in [-0.2, 0) is 19.1 Å². The van der Waals surface area contributed by atoms with Crippen LogP contribution < -0.4 is 0 Å². The molecule has 27 heavy (non-hydrogen) atoms. The van der Waals surface area contributed by atoms with E-state index < -0.39 is 11.8 Å². The first-order valence-corrected chi connectivity index (χ1v) is 10.4. The molecule has 0 spiro atoms. The lowest BCUT2D eigenvalue weighted by atomic mass is 9.55. The van der Waals surface area contributed by atoms with E-state index in [0.29, 0.717) is 11.8 Å². The van der Waals surface area contributed by atoms with Crippen molar-refractivity contribution >= 4 is 11.9 Å². The van der Waals surface area contributed by atoms with E-state index in [1.54, 1.807) is 0 Å². The van der Waals surface area contributed by atoms with Crippen LogP contribution in [0.5, 0.6) is 0 Å². The Bertz CT molecular complexity index is 589. The SMILES string of the molecule is COC(=O)C1C(C(=O)OC)C2(C(C)C)CC1(C(C)C)C(C(C)C)=C2C(C)C. The standard InChI is InChI=1S/C23H38O4/c1-12(2)16-17(13(3)4)23(15(7)8)11-22(16,14(5)6)18(20(24)26-9)19(23)21(25)27-10/h12-15,18-19H,11H2,1-10H3. The van der Waals surface area contributed by atoms with E-state index in [1.165, 1.54) is 25.4 Å². The maximum absolute atomic E-state index is 13.1. The van der Waals surface area contributed by atoms with E-state index in [2.05, 4.69) is 55.4 Å². The Kier molecular flexibility index (Phi) is 5.90. The molecule has 2 bridgehead atoms. The Labute approximate surface area is 165 Å². The third-order valence-corrected chi connectivity index (χ3v) is 7.45. The highest BCUT2D eigenvalue weighted by molar-refractivity contribution is 5.87. The molecule has 1 fully saturated rings. The van der Waals surface area contributed by atoms with Crippen LogP contribution in [0.1, 0.15) is 61.8 Å². The normalized spacial score (nSPS) is 33.0. The molecule has 0 aromatic heterocycles. The minimum Gasteiger partial charge on any atom is -0.469 e. The average Bonchev–Trinajstić information content (AvgIpc) is 3.09. The molecule has 4 unspecified atom stereocenters. The molecule has 154 valence electrons. The number of methoxy groups -OCH3 is 2. The molecule has 4 nitrogen and oxygen atoms in total. The quantitative estimate of drug-likeness (QED) is 0.488. The minimum absolute atomic E-state index is 0.225. The highest BCUT2D eigenvalue weighted by Gasteiger charge is 2.75. The maximum atomic E-state index is 13.1. The second kappa shape index (κ2) is 7.25. The zero-order valence-electron chi connectivity index (χ0n) is 18.8. The van der Waals surface area contributed by atoms with Crippen molar-refractivity contribution in [3.63, 3.8) is 0 Å². The van der Waals surface area contributed by atoms with Gasteiger partial charge >= 0.3 is 11.9 Å². The van der Waals surface area contributed by atoms with E-state index in [1.807, 2.05) is 0 Å². The van der Waals surface area contributed by atoms with Crippen LogP contribution in [0.4, 0.5) is 0 Å². The van der Waals surface area contributed by atoms with Gasteiger partial charge < -0.3 is 9.47 Å². The number of hydrogen-bond acceptors (Lipinski definition) is 4. The molecule has 1 saturated carbocycles. The first-order valence-electron chi connectivity index (χ1n) is 10.4. The van der Waals surface area contributed by atoms with Crippen molar-refractivity contribution in [1.82, 2.24) is 0 Å². The summed E-state index contributed by atoms with van der Waals surface area (Å²) in [7, 11) is 2.86. The molecule has 0 heterocycles. The van der Waals surface area contributed by atoms with Gasteiger partial charge in [-0.05, 0) is 30.1 Å². The van der Waals surface area contributed by atoms with E-state index in [4.69, 9.17) is 9.47 Å². The summed E-state index contributed by atoms with van der Waals surface area (Å²) in [6.45, 7) is 17.6. The fourth-order valence-electron chi connectivity index (χ4n) is 6.72. The van der Waals surface area contributed by atoms with Gasteiger partial charge in [-0.2, -0.15) is 0 Å². The van der Waals surface area contributed by atoms with Crippen LogP contribution in [0.25, 0.3) is 0 Å². The number of esters is 2. The predicted molar refractivity (Wildman–Crippen MR) is 107 cm³/mol. The molecule has 0 N–H and O–H groups in total.